The Morgan fingerprint density at radius 2 is 1.85 bits per heavy atom. The fourth-order valence-corrected chi connectivity index (χ4v) is 2.86. The average Bonchev–Trinajstić information content (AvgIpc) is 3.22. The van der Waals surface area contributed by atoms with Gasteiger partial charge in [-0.15, -0.1) is 0 Å². The molecule has 0 bridgehead atoms. The van der Waals surface area contributed by atoms with E-state index in [-0.39, 0.29) is 24.3 Å². The molecule has 2 N–H and O–H groups in total. The van der Waals surface area contributed by atoms with Crippen molar-refractivity contribution in [3.05, 3.63) is 60.1 Å². The number of carbonyl (C=O) groups is 2. The van der Waals surface area contributed by atoms with Gasteiger partial charge in [0.15, 0.2) is 5.76 Å². The molecule has 26 heavy (non-hydrogen) atoms. The molecule has 0 radical (unpaired) electrons. The molecular formula is C19H23N3O4. The molecule has 0 spiro atoms. The summed E-state index contributed by atoms with van der Waals surface area (Å²) in [6.45, 7) is 3.68. The van der Waals surface area contributed by atoms with Crippen LogP contribution in [0.5, 0.6) is 0 Å². The number of morpholine rings is 1. The molecule has 0 saturated carbocycles. The first-order chi connectivity index (χ1) is 12.7. The Balaban J connectivity index is 1.57. The van der Waals surface area contributed by atoms with E-state index >= 15 is 0 Å². The number of amides is 2. The van der Waals surface area contributed by atoms with Crippen LogP contribution in [0.3, 0.4) is 0 Å². The number of nitrogens with zero attached hydrogens (tertiary/aromatic N) is 1. The lowest BCUT2D eigenvalue weighted by Gasteiger charge is -2.31. The normalized spacial score (nSPS) is 16.0. The molecule has 138 valence electrons. The molecule has 7 heteroatoms. The zero-order chi connectivity index (χ0) is 18.2. The number of nitrogens with one attached hydrogen (secondary N) is 2. The van der Waals surface area contributed by atoms with Crippen LogP contribution in [0.1, 0.15) is 22.2 Å². The minimum Gasteiger partial charge on any atom is -0.459 e. The summed E-state index contributed by atoms with van der Waals surface area (Å²) in [4.78, 5) is 26.5. The summed E-state index contributed by atoms with van der Waals surface area (Å²) in [5.74, 6) is -0.465. The van der Waals surface area contributed by atoms with Crippen LogP contribution in [0.2, 0.25) is 0 Å². The molecule has 1 aliphatic rings. The van der Waals surface area contributed by atoms with Crippen LogP contribution in [-0.2, 0) is 9.53 Å². The smallest absolute Gasteiger partial charge is 0.287 e. The Morgan fingerprint density at radius 3 is 2.54 bits per heavy atom. The van der Waals surface area contributed by atoms with Crippen molar-refractivity contribution < 1.29 is 18.7 Å². The van der Waals surface area contributed by atoms with E-state index in [2.05, 4.69) is 15.5 Å². The zero-order valence-corrected chi connectivity index (χ0v) is 14.5. The van der Waals surface area contributed by atoms with E-state index in [1.807, 2.05) is 30.3 Å². The summed E-state index contributed by atoms with van der Waals surface area (Å²) in [5, 5.41) is 5.58. The second kappa shape index (κ2) is 9.17. The van der Waals surface area contributed by atoms with Crippen molar-refractivity contribution in [3.63, 3.8) is 0 Å². The fraction of sp³-hybridized carbons (Fsp3) is 0.368. The fourth-order valence-electron chi connectivity index (χ4n) is 2.86. The third-order valence-electron chi connectivity index (χ3n) is 4.24. The van der Waals surface area contributed by atoms with Crippen LogP contribution in [0.4, 0.5) is 0 Å². The molecule has 1 saturated heterocycles. The number of ether oxygens (including phenoxy) is 1. The molecule has 1 aromatic heterocycles. The van der Waals surface area contributed by atoms with E-state index in [0.29, 0.717) is 19.8 Å². The third kappa shape index (κ3) is 5.18. The molecule has 2 amide bonds. The van der Waals surface area contributed by atoms with E-state index in [9.17, 15) is 9.59 Å². The summed E-state index contributed by atoms with van der Waals surface area (Å²) < 4.78 is 10.4. The topological polar surface area (TPSA) is 83.8 Å². The van der Waals surface area contributed by atoms with Gasteiger partial charge in [-0.2, -0.15) is 0 Å². The maximum Gasteiger partial charge on any atom is 0.287 e. The van der Waals surface area contributed by atoms with Crippen LogP contribution >= 0.6 is 0 Å². The van der Waals surface area contributed by atoms with Gasteiger partial charge in [0, 0.05) is 19.6 Å². The van der Waals surface area contributed by atoms with E-state index in [1.165, 1.54) is 6.26 Å². The number of furan rings is 1. The van der Waals surface area contributed by atoms with E-state index in [1.54, 1.807) is 12.1 Å². The Labute approximate surface area is 152 Å². The van der Waals surface area contributed by atoms with Gasteiger partial charge in [-0.25, -0.2) is 0 Å². The Kier molecular flexibility index (Phi) is 6.40. The summed E-state index contributed by atoms with van der Waals surface area (Å²) in [5.41, 5.74) is 1.03. The number of carbonyl (C=O) groups excluding carboxylic acids is 2. The van der Waals surface area contributed by atoms with E-state index in [4.69, 9.17) is 9.15 Å². The van der Waals surface area contributed by atoms with Gasteiger partial charge in [-0.3, -0.25) is 14.5 Å². The van der Waals surface area contributed by atoms with Crippen molar-refractivity contribution in [1.82, 2.24) is 15.5 Å². The number of hydrogen-bond acceptors (Lipinski definition) is 5. The maximum atomic E-state index is 12.3. The quantitative estimate of drug-likeness (QED) is 0.778. The number of benzene rings is 1. The summed E-state index contributed by atoms with van der Waals surface area (Å²) in [6, 6.07) is 12.9. The van der Waals surface area contributed by atoms with Crippen molar-refractivity contribution >= 4 is 11.8 Å². The molecule has 2 heterocycles. The van der Waals surface area contributed by atoms with Gasteiger partial charge < -0.3 is 19.8 Å². The number of hydrogen-bond donors (Lipinski definition) is 2. The Hall–Kier alpha value is -2.64. The molecule has 1 aliphatic heterocycles. The lowest BCUT2D eigenvalue weighted by atomic mass is 10.1. The lowest BCUT2D eigenvalue weighted by molar-refractivity contribution is -0.121. The first-order valence-electron chi connectivity index (χ1n) is 8.68. The lowest BCUT2D eigenvalue weighted by Crippen LogP contribution is -2.45. The largest absolute Gasteiger partial charge is 0.459 e. The first kappa shape index (κ1) is 18.2. The van der Waals surface area contributed by atoms with Gasteiger partial charge in [-0.1, -0.05) is 30.3 Å². The highest BCUT2D eigenvalue weighted by Gasteiger charge is 2.20. The Bertz CT molecular complexity index is 697. The van der Waals surface area contributed by atoms with Crippen molar-refractivity contribution in [1.29, 1.82) is 0 Å². The maximum absolute atomic E-state index is 12.3. The zero-order valence-electron chi connectivity index (χ0n) is 14.5. The molecule has 0 unspecified atom stereocenters. The van der Waals surface area contributed by atoms with Gasteiger partial charge in [0.1, 0.15) is 0 Å². The predicted octanol–water partition coefficient (Wildman–Crippen LogP) is 1.20. The molecule has 2 aromatic rings. The van der Waals surface area contributed by atoms with Crippen molar-refractivity contribution in [2.45, 2.75) is 6.04 Å². The third-order valence-corrected chi connectivity index (χ3v) is 4.24. The van der Waals surface area contributed by atoms with Crippen LogP contribution in [0.15, 0.2) is 53.1 Å². The van der Waals surface area contributed by atoms with Crippen molar-refractivity contribution in [2.75, 3.05) is 39.4 Å². The molecule has 1 aromatic carbocycles. The van der Waals surface area contributed by atoms with Gasteiger partial charge in [0.2, 0.25) is 5.91 Å². The first-order valence-corrected chi connectivity index (χ1v) is 8.68. The van der Waals surface area contributed by atoms with Crippen LogP contribution in [0.25, 0.3) is 0 Å². The number of rotatable bonds is 7. The minimum atomic E-state index is -0.408. The van der Waals surface area contributed by atoms with E-state index < -0.39 is 5.91 Å². The molecule has 1 fully saturated rings. The average molecular weight is 357 g/mol. The van der Waals surface area contributed by atoms with Crippen LogP contribution in [0, 0.1) is 0 Å². The summed E-state index contributed by atoms with van der Waals surface area (Å²) in [6.07, 6.45) is 1.42. The highest BCUT2D eigenvalue weighted by molar-refractivity contribution is 5.94. The standard InChI is InChI=1S/C19H23N3O4/c23-18(13-20-19(24)17-7-4-10-26-17)21-16(15-5-2-1-3-6-15)14-22-8-11-25-12-9-22/h1-7,10,16H,8-9,11-14H2,(H,20,24)(H,21,23)/t16-/m1/s1. The van der Waals surface area contributed by atoms with Crippen LogP contribution in [-0.4, -0.2) is 56.1 Å². The van der Waals surface area contributed by atoms with Gasteiger partial charge >= 0.3 is 0 Å². The van der Waals surface area contributed by atoms with Gasteiger partial charge in [0.05, 0.1) is 32.1 Å². The van der Waals surface area contributed by atoms with Gasteiger partial charge in [0.25, 0.3) is 5.91 Å². The molecule has 3 rings (SSSR count). The highest BCUT2D eigenvalue weighted by atomic mass is 16.5. The monoisotopic (exact) mass is 357 g/mol. The minimum absolute atomic E-state index is 0.105. The Morgan fingerprint density at radius 1 is 1.08 bits per heavy atom. The molecule has 0 aliphatic carbocycles. The highest BCUT2D eigenvalue weighted by Crippen LogP contribution is 2.15. The van der Waals surface area contributed by atoms with Crippen molar-refractivity contribution in [3.8, 4) is 0 Å². The second-order valence-electron chi connectivity index (χ2n) is 6.10. The van der Waals surface area contributed by atoms with E-state index in [0.717, 1.165) is 18.7 Å². The van der Waals surface area contributed by atoms with Crippen LogP contribution < -0.4 is 10.6 Å². The molecule has 7 nitrogen and oxygen atoms in total. The van der Waals surface area contributed by atoms with Crippen molar-refractivity contribution in [2.24, 2.45) is 0 Å². The predicted molar refractivity (Wildman–Crippen MR) is 95.6 cm³/mol. The summed E-state index contributed by atoms with van der Waals surface area (Å²) >= 11 is 0. The summed E-state index contributed by atoms with van der Waals surface area (Å²) in [7, 11) is 0. The van der Waals surface area contributed by atoms with Gasteiger partial charge in [-0.05, 0) is 17.7 Å². The molecular weight excluding hydrogens is 334 g/mol. The second-order valence-corrected chi connectivity index (χ2v) is 6.10. The molecule has 1 atom stereocenters. The SMILES string of the molecule is O=C(CNC(=O)c1ccco1)N[C@H](CN1CCOCC1)c1ccccc1.